The maximum atomic E-state index is 12.4. The maximum Gasteiger partial charge on any atom is 0.255 e. The molecule has 21 heavy (non-hydrogen) atoms. The summed E-state index contributed by atoms with van der Waals surface area (Å²) in [6, 6.07) is 10.0. The third-order valence-corrected chi connectivity index (χ3v) is 3.43. The van der Waals surface area contributed by atoms with Gasteiger partial charge in [0.1, 0.15) is 0 Å². The summed E-state index contributed by atoms with van der Waals surface area (Å²) in [4.78, 5) is 13.9. The van der Waals surface area contributed by atoms with Crippen LogP contribution in [0.1, 0.15) is 15.9 Å². The molecule has 4 nitrogen and oxygen atoms in total. The van der Waals surface area contributed by atoms with Crippen LogP contribution in [0.3, 0.4) is 0 Å². The number of carbonyl (C=O) groups is 1. The number of carbonyl (C=O) groups excluding carboxylic acids is 1. The van der Waals surface area contributed by atoms with Gasteiger partial charge in [0.2, 0.25) is 0 Å². The van der Waals surface area contributed by atoms with E-state index in [4.69, 9.17) is 34.7 Å². The second-order valence-corrected chi connectivity index (χ2v) is 5.66. The highest BCUT2D eigenvalue weighted by Crippen LogP contribution is 2.22. The zero-order valence-corrected chi connectivity index (χ0v) is 12.9. The van der Waals surface area contributed by atoms with Crippen molar-refractivity contribution in [3.63, 3.8) is 0 Å². The van der Waals surface area contributed by atoms with Crippen LogP contribution < -0.4 is 11.5 Å². The van der Waals surface area contributed by atoms with Crippen LogP contribution in [-0.2, 0) is 6.54 Å². The van der Waals surface area contributed by atoms with E-state index >= 15 is 0 Å². The number of anilines is 2. The number of benzene rings is 2. The van der Waals surface area contributed by atoms with E-state index in [0.29, 0.717) is 33.5 Å². The number of nitrogens with two attached hydrogens (primary N) is 2. The molecule has 1 amide bonds. The van der Waals surface area contributed by atoms with Gasteiger partial charge in [-0.1, -0.05) is 23.2 Å². The van der Waals surface area contributed by atoms with E-state index in [1.54, 1.807) is 48.3 Å². The van der Waals surface area contributed by atoms with Gasteiger partial charge in [0.15, 0.2) is 0 Å². The lowest BCUT2D eigenvalue weighted by Gasteiger charge is -2.19. The van der Waals surface area contributed by atoms with Crippen molar-refractivity contribution in [3.8, 4) is 0 Å². The fraction of sp³-hybridized carbons (Fsp3) is 0.133. The summed E-state index contributed by atoms with van der Waals surface area (Å²) in [5.74, 6) is -0.191. The molecule has 0 unspecified atom stereocenters. The van der Waals surface area contributed by atoms with Gasteiger partial charge in [-0.3, -0.25) is 4.79 Å². The standard InChI is InChI=1S/C15H15Cl2N3O/c1-20(8-9-4-10(16)6-11(17)5-9)15(21)13-3-2-12(18)7-14(13)19/h2-7H,8,18-19H2,1H3. The van der Waals surface area contributed by atoms with Crippen LogP contribution in [-0.4, -0.2) is 17.9 Å². The third-order valence-electron chi connectivity index (χ3n) is 2.99. The van der Waals surface area contributed by atoms with Gasteiger partial charge >= 0.3 is 0 Å². The van der Waals surface area contributed by atoms with Crippen molar-refractivity contribution >= 4 is 40.5 Å². The predicted octanol–water partition coefficient (Wildman–Crippen LogP) is 3.43. The fourth-order valence-electron chi connectivity index (χ4n) is 2.03. The highest BCUT2D eigenvalue weighted by Gasteiger charge is 2.15. The fourth-order valence-corrected chi connectivity index (χ4v) is 2.60. The molecule has 2 rings (SSSR count). The molecule has 6 heteroatoms. The summed E-state index contributed by atoms with van der Waals surface area (Å²) in [6.07, 6.45) is 0. The Morgan fingerprint density at radius 2 is 1.71 bits per heavy atom. The lowest BCUT2D eigenvalue weighted by Crippen LogP contribution is -2.27. The normalized spacial score (nSPS) is 10.4. The highest BCUT2D eigenvalue weighted by atomic mass is 35.5. The molecule has 0 aromatic heterocycles. The number of amides is 1. The van der Waals surface area contributed by atoms with E-state index in [1.807, 2.05) is 0 Å². The van der Waals surface area contributed by atoms with Crippen LogP contribution in [0.2, 0.25) is 10.0 Å². The molecule has 0 saturated carbocycles. The van der Waals surface area contributed by atoms with Gasteiger partial charge in [0, 0.05) is 35.0 Å². The van der Waals surface area contributed by atoms with Crippen molar-refractivity contribution in [2.75, 3.05) is 18.5 Å². The average molecular weight is 324 g/mol. The monoisotopic (exact) mass is 323 g/mol. The zero-order valence-electron chi connectivity index (χ0n) is 11.4. The molecule has 0 aliphatic rings. The quantitative estimate of drug-likeness (QED) is 0.850. The number of halogens is 2. The van der Waals surface area contributed by atoms with E-state index < -0.39 is 0 Å². The molecule has 0 aliphatic carbocycles. The molecule has 0 atom stereocenters. The van der Waals surface area contributed by atoms with Crippen LogP contribution in [0.25, 0.3) is 0 Å². The molecule has 2 aromatic carbocycles. The van der Waals surface area contributed by atoms with E-state index in [2.05, 4.69) is 0 Å². The van der Waals surface area contributed by atoms with E-state index in [1.165, 1.54) is 0 Å². The van der Waals surface area contributed by atoms with Crippen molar-refractivity contribution in [2.24, 2.45) is 0 Å². The van der Waals surface area contributed by atoms with Gasteiger partial charge in [-0.05, 0) is 42.0 Å². The second kappa shape index (κ2) is 6.24. The molecule has 0 aliphatic heterocycles. The molecule has 0 fully saturated rings. The van der Waals surface area contributed by atoms with Crippen LogP contribution in [0.15, 0.2) is 36.4 Å². The number of rotatable bonds is 3. The van der Waals surface area contributed by atoms with Gasteiger partial charge in [0.25, 0.3) is 5.91 Å². The van der Waals surface area contributed by atoms with Gasteiger partial charge in [-0.2, -0.15) is 0 Å². The number of hydrogen-bond donors (Lipinski definition) is 2. The van der Waals surface area contributed by atoms with Crippen LogP contribution >= 0.6 is 23.2 Å². The van der Waals surface area contributed by atoms with Crippen molar-refractivity contribution in [1.29, 1.82) is 0 Å². The first-order valence-corrected chi connectivity index (χ1v) is 6.98. The summed E-state index contributed by atoms with van der Waals surface area (Å²) < 4.78 is 0. The van der Waals surface area contributed by atoms with Gasteiger partial charge in [-0.25, -0.2) is 0 Å². The Balaban J connectivity index is 2.19. The van der Waals surface area contributed by atoms with Gasteiger partial charge in [-0.15, -0.1) is 0 Å². The highest BCUT2D eigenvalue weighted by molar-refractivity contribution is 6.34. The van der Waals surface area contributed by atoms with Crippen molar-refractivity contribution < 1.29 is 4.79 Å². The largest absolute Gasteiger partial charge is 0.399 e. The molecule has 0 spiro atoms. The molecule has 0 radical (unpaired) electrons. The smallest absolute Gasteiger partial charge is 0.255 e. The Hall–Kier alpha value is -1.91. The lowest BCUT2D eigenvalue weighted by molar-refractivity contribution is 0.0786. The summed E-state index contributed by atoms with van der Waals surface area (Å²) in [5, 5.41) is 1.07. The molecule has 2 aromatic rings. The third kappa shape index (κ3) is 3.80. The molecule has 110 valence electrons. The molecule has 4 N–H and O–H groups in total. The molecular formula is C15H15Cl2N3O. The Bertz CT molecular complexity index is 668. The molecule has 0 heterocycles. The van der Waals surface area contributed by atoms with Crippen molar-refractivity contribution in [3.05, 3.63) is 57.6 Å². The Morgan fingerprint density at radius 1 is 1.10 bits per heavy atom. The lowest BCUT2D eigenvalue weighted by atomic mass is 10.1. The molecule has 0 bridgehead atoms. The van der Waals surface area contributed by atoms with Gasteiger partial charge < -0.3 is 16.4 Å². The number of nitrogens with zero attached hydrogens (tertiary/aromatic N) is 1. The molecule has 0 saturated heterocycles. The minimum Gasteiger partial charge on any atom is -0.399 e. The predicted molar refractivity (Wildman–Crippen MR) is 87.5 cm³/mol. The van der Waals surface area contributed by atoms with Crippen LogP contribution in [0, 0.1) is 0 Å². The maximum absolute atomic E-state index is 12.4. The minimum absolute atomic E-state index is 0.191. The summed E-state index contributed by atoms with van der Waals surface area (Å²) >= 11 is 11.9. The first-order valence-electron chi connectivity index (χ1n) is 6.22. The van der Waals surface area contributed by atoms with Crippen molar-refractivity contribution in [2.45, 2.75) is 6.54 Å². The number of nitrogen functional groups attached to an aromatic ring is 2. The van der Waals surface area contributed by atoms with E-state index in [9.17, 15) is 4.79 Å². The van der Waals surface area contributed by atoms with Crippen LogP contribution in [0.5, 0.6) is 0 Å². The Kier molecular flexibility index (Phi) is 4.60. The average Bonchev–Trinajstić information content (AvgIpc) is 2.36. The molecular weight excluding hydrogens is 309 g/mol. The summed E-state index contributed by atoms with van der Waals surface area (Å²) in [6.45, 7) is 0.378. The first kappa shape index (κ1) is 15.5. The van der Waals surface area contributed by atoms with E-state index in [0.717, 1.165) is 5.56 Å². The zero-order chi connectivity index (χ0) is 15.6. The minimum atomic E-state index is -0.191. The second-order valence-electron chi connectivity index (χ2n) is 4.79. The van der Waals surface area contributed by atoms with Crippen LogP contribution in [0.4, 0.5) is 11.4 Å². The summed E-state index contributed by atoms with van der Waals surface area (Å²) in [7, 11) is 1.69. The Labute approximate surface area is 133 Å². The Morgan fingerprint density at radius 3 is 2.29 bits per heavy atom. The van der Waals surface area contributed by atoms with E-state index in [-0.39, 0.29) is 5.91 Å². The topological polar surface area (TPSA) is 72.3 Å². The SMILES string of the molecule is CN(Cc1cc(Cl)cc(Cl)c1)C(=O)c1ccc(N)cc1N. The van der Waals surface area contributed by atoms with Gasteiger partial charge in [0.05, 0.1) is 5.56 Å². The van der Waals surface area contributed by atoms with Crippen molar-refractivity contribution in [1.82, 2.24) is 4.90 Å². The summed E-state index contributed by atoms with van der Waals surface area (Å²) in [5.41, 5.74) is 13.6. The first-order chi connectivity index (χ1) is 9.86. The number of hydrogen-bond acceptors (Lipinski definition) is 3.